The van der Waals surface area contributed by atoms with Crippen molar-refractivity contribution in [2.24, 2.45) is 0 Å². The molecule has 0 fully saturated rings. The van der Waals surface area contributed by atoms with Gasteiger partial charge in [0, 0.05) is 0 Å². The molecule has 0 heterocycles. The minimum Gasteiger partial charge on any atom is -0.507 e. The SMILES string of the molecule is C=Cc1ccc(C(=O)O)c(O)c1. The lowest BCUT2D eigenvalue weighted by molar-refractivity contribution is 0.0694. The summed E-state index contributed by atoms with van der Waals surface area (Å²) >= 11 is 0. The number of rotatable bonds is 2. The lowest BCUT2D eigenvalue weighted by atomic mass is 10.1. The number of aromatic carboxylic acids is 1. The average molecular weight is 164 g/mol. The first kappa shape index (κ1) is 8.33. The van der Waals surface area contributed by atoms with Crippen LogP contribution in [0.3, 0.4) is 0 Å². The standard InChI is InChI=1S/C9H8O3/c1-2-6-3-4-7(9(11)12)8(10)5-6/h2-5,10H,1H2,(H,11,12). The maximum Gasteiger partial charge on any atom is 0.339 e. The molecule has 0 amide bonds. The van der Waals surface area contributed by atoms with Gasteiger partial charge in [-0.25, -0.2) is 4.79 Å². The van der Waals surface area contributed by atoms with Crippen LogP contribution in [0.4, 0.5) is 0 Å². The van der Waals surface area contributed by atoms with Gasteiger partial charge in [-0.15, -0.1) is 0 Å². The summed E-state index contributed by atoms with van der Waals surface area (Å²) in [5.74, 6) is -1.37. The molecule has 3 nitrogen and oxygen atoms in total. The predicted molar refractivity (Wildman–Crippen MR) is 45.2 cm³/mol. The van der Waals surface area contributed by atoms with E-state index in [2.05, 4.69) is 6.58 Å². The second kappa shape index (κ2) is 3.09. The van der Waals surface area contributed by atoms with E-state index in [1.54, 1.807) is 6.07 Å². The third-order valence-corrected chi connectivity index (χ3v) is 1.49. The third-order valence-electron chi connectivity index (χ3n) is 1.49. The molecule has 62 valence electrons. The Hall–Kier alpha value is -1.77. The van der Waals surface area contributed by atoms with Crippen molar-refractivity contribution >= 4 is 12.0 Å². The molecule has 0 aromatic heterocycles. The van der Waals surface area contributed by atoms with Crippen molar-refractivity contribution in [2.45, 2.75) is 0 Å². The minimum atomic E-state index is -1.14. The van der Waals surface area contributed by atoms with E-state index in [4.69, 9.17) is 10.2 Å². The topological polar surface area (TPSA) is 57.5 Å². The van der Waals surface area contributed by atoms with E-state index < -0.39 is 5.97 Å². The van der Waals surface area contributed by atoms with Crippen molar-refractivity contribution in [3.8, 4) is 5.75 Å². The maximum atomic E-state index is 10.4. The van der Waals surface area contributed by atoms with Crippen molar-refractivity contribution in [3.05, 3.63) is 35.9 Å². The zero-order valence-corrected chi connectivity index (χ0v) is 6.32. The van der Waals surface area contributed by atoms with Crippen LogP contribution in [-0.4, -0.2) is 16.2 Å². The van der Waals surface area contributed by atoms with Crippen molar-refractivity contribution in [2.75, 3.05) is 0 Å². The molecule has 0 radical (unpaired) electrons. The molecule has 0 spiro atoms. The summed E-state index contributed by atoms with van der Waals surface area (Å²) in [6.07, 6.45) is 1.53. The Bertz CT molecular complexity index is 329. The van der Waals surface area contributed by atoms with Gasteiger partial charge >= 0.3 is 5.97 Å². The number of hydrogen-bond acceptors (Lipinski definition) is 2. The van der Waals surface area contributed by atoms with Crippen molar-refractivity contribution in [1.82, 2.24) is 0 Å². The number of carboxylic acid groups (broad SMARTS) is 1. The monoisotopic (exact) mass is 164 g/mol. The van der Waals surface area contributed by atoms with Gasteiger partial charge in [0.2, 0.25) is 0 Å². The fourth-order valence-corrected chi connectivity index (χ4v) is 0.856. The summed E-state index contributed by atoms with van der Waals surface area (Å²) in [6, 6.07) is 4.28. The number of aromatic hydroxyl groups is 1. The number of hydrogen-bond donors (Lipinski definition) is 2. The molecule has 0 aliphatic carbocycles. The Morgan fingerprint density at radius 3 is 2.58 bits per heavy atom. The quantitative estimate of drug-likeness (QED) is 0.699. The van der Waals surface area contributed by atoms with Gasteiger partial charge in [-0.1, -0.05) is 18.7 Å². The van der Waals surface area contributed by atoms with E-state index in [9.17, 15) is 4.79 Å². The molecule has 0 bridgehead atoms. The van der Waals surface area contributed by atoms with E-state index in [0.29, 0.717) is 5.56 Å². The van der Waals surface area contributed by atoms with Gasteiger partial charge in [0.1, 0.15) is 11.3 Å². The van der Waals surface area contributed by atoms with Crippen LogP contribution in [0.25, 0.3) is 6.08 Å². The molecule has 1 aromatic carbocycles. The van der Waals surface area contributed by atoms with Crippen molar-refractivity contribution in [1.29, 1.82) is 0 Å². The van der Waals surface area contributed by atoms with Gasteiger partial charge in [0.15, 0.2) is 0 Å². The summed E-state index contributed by atoms with van der Waals surface area (Å²) in [4.78, 5) is 10.4. The minimum absolute atomic E-state index is 0.0967. The highest BCUT2D eigenvalue weighted by molar-refractivity contribution is 5.91. The third kappa shape index (κ3) is 1.45. The molecular weight excluding hydrogens is 156 g/mol. The molecule has 1 rings (SSSR count). The van der Waals surface area contributed by atoms with Gasteiger partial charge in [-0.3, -0.25) is 0 Å². The number of carboxylic acids is 1. The number of phenols is 1. The zero-order valence-electron chi connectivity index (χ0n) is 6.32. The van der Waals surface area contributed by atoms with Gasteiger partial charge in [-0.2, -0.15) is 0 Å². The molecule has 0 saturated carbocycles. The summed E-state index contributed by atoms with van der Waals surface area (Å²) in [5.41, 5.74) is 0.595. The maximum absolute atomic E-state index is 10.4. The van der Waals surface area contributed by atoms with E-state index in [1.807, 2.05) is 0 Å². The Balaban J connectivity index is 3.20. The first-order valence-electron chi connectivity index (χ1n) is 3.34. The fourth-order valence-electron chi connectivity index (χ4n) is 0.856. The van der Waals surface area contributed by atoms with Gasteiger partial charge < -0.3 is 10.2 Å². The van der Waals surface area contributed by atoms with Gasteiger partial charge in [0.05, 0.1) is 0 Å². The Kier molecular flexibility index (Phi) is 2.14. The Labute approximate surface area is 69.6 Å². The highest BCUT2D eigenvalue weighted by atomic mass is 16.4. The lowest BCUT2D eigenvalue weighted by Gasteiger charge is -1.99. The summed E-state index contributed by atoms with van der Waals surface area (Å²) in [5, 5.41) is 17.7. The van der Waals surface area contributed by atoms with Crippen LogP contribution in [0.15, 0.2) is 24.8 Å². The van der Waals surface area contributed by atoms with Crippen LogP contribution in [0, 0.1) is 0 Å². The first-order chi connectivity index (χ1) is 5.65. The first-order valence-corrected chi connectivity index (χ1v) is 3.34. The molecule has 0 aliphatic heterocycles. The predicted octanol–water partition coefficient (Wildman–Crippen LogP) is 1.73. The molecule has 12 heavy (non-hydrogen) atoms. The molecule has 0 atom stereocenters. The van der Waals surface area contributed by atoms with E-state index in [0.717, 1.165) is 0 Å². The largest absolute Gasteiger partial charge is 0.507 e. The van der Waals surface area contributed by atoms with Gasteiger partial charge in [-0.05, 0) is 17.7 Å². The molecule has 3 heteroatoms. The molecule has 1 aromatic rings. The average Bonchev–Trinajstić information content (AvgIpc) is 2.03. The summed E-state index contributed by atoms with van der Waals surface area (Å²) in [7, 11) is 0. The van der Waals surface area contributed by atoms with Crippen LogP contribution in [-0.2, 0) is 0 Å². The van der Waals surface area contributed by atoms with E-state index in [-0.39, 0.29) is 11.3 Å². The van der Waals surface area contributed by atoms with Crippen molar-refractivity contribution < 1.29 is 15.0 Å². The van der Waals surface area contributed by atoms with Crippen LogP contribution in [0.1, 0.15) is 15.9 Å². The molecule has 0 aliphatic rings. The molecule has 0 saturated heterocycles. The van der Waals surface area contributed by atoms with Crippen LogP contribution in [0.5, 0.6) is 5.75 Å². The Morgan fingerprint density at radius 1 is 1.50 bits per heavy atom. The second-order valence-corrected chi connectivity index (χ2v) is 2.29. The van der Waals surface area contributed by atoms with Gasteiger partial charge in [0.25, 0.3) is 0 Å². The normalized spacial score (nSPS) is 9.33. The smallest absolute Gasteiger partial charge is 0.339 e. The van der Waals surface area contributed by atoms with Crippen molar-refractivity contribution in [3.63, 3.8) is 0 Å². The van der Waals surface area contributed by atoms with Crippen LogP contribution in [0.2, 0.25) is 0 Å². The molecular formula is C9H8O3. The molecule has 0 unspecified atom stereocenters. The lowest BCUT2D eigenvalue weighted by Crippen LogP contribution is -1.96. The number of benzene rings is 1. The summed E-state index contributed by atoms with van der Waals surface area (Å²) < 4.78 is 0. The second-order valence-electron chi connectivity index (χ2n) is 2.29. The molecule has 2 N–H and O–H groups in total. The highest BCUT2D eigenvalue weighted by Crippen LogP contribution is 2.18. The van der Waals surface area contributed by atoms with E-state index in [1.165, 1.54) is 18.2 Å². The summed E-state index contributed by atoms with van der Waals surface area (Å²) in [6.45, 7) is 3.49. The highest BCUT2D eigenvalue weighted by Gasteiger charge is 2.07. The number of carbonyl (C=O) groups is 1. The zero-order chi connectivity index (χ0) is 9.14. The van der Waals surface area contributed by atoms with Crippen LogP contribution < -0.4 is 0 Å². The van der Waals surface area contributed by atoms with Crippen LogP contribution >= 0.6 is 0 Å². The van der Waals surface area contributed by atoms with E-state index >= 15 is 0 Å². The fraction of sp³-hybridized carbons (Fsp3) is 0. The Morgan fingerprint density at radius 2 is 2.17 bits per heavy atom.